The molecule has 1 fully saturated rings. The first-order chi connectivity index (χ1) is 11.6. The van der Waals surface area contributed by atoms with Gasteiger partial charge in [0.15, 0.2) is 0 Å². The van der Waals surface area contributed by atoms with Gasteiger partial charge in [-0.05, 0) is 55.6 Å². The van der Waals surface area contributed by atoms with E-state index in [1.807, 2.05) is 37.3 Å². The van der Waals surface area contributed by atoms with Crippen molar-refractivity contribution in [3.8, 4) is 5.75 Å². The van der Waals surface area contributed by atoms with Crippen LogP contribution in [0.3, 0.4) is 0 Å². The molecule has 0 amide bonds. The van der Waals surface area contributed by atoms with Gasteiger partial charge in [-0.3, -0.25) is 4.90 Å². The van der Waals surface area contributed by atoms with Crippen LogP contribution in [0.2, 0.25) is 0 Å². The maximum absolute atomic E-state index is 10.4. The predicted molar refractivity (Wildman–Crippen MR) is 100 cm³/mol. The number of ether oxygens (including phenoxy) is 1. The number of benzene rings is 2. The van der Waals surface area contributed by atoms with Gasteiger partial charge in [0, 0.05) is 17.1 Å². The summed E-state index contributed by atoms with van der Waals surface area (Å²) in [7, 11) is 0. The minimum atomic E-state index is -0.489. The van der Waals surface area contributed by atoms with Crippen molar-refractivity contribution >= 4 is 15.9 Å². The lowest BCUT2D eigenvalue weighted by Gasteiger charge is -2.27. The largest absolute Gasteiger partial charge is 0.491 e. The highest BCUT2D eigenvalue weighted by atomic mass is 79.9. The van der Waals surface area contributed by atoms with Crippen LogP contribution in [0, 0.1) is 6.92 Å². The molecule has 128 valence electrons. The van der Waals surface area contributed by atoms with Crippen molar-refractivity contribution in [2.45, 2.75) is 31.9 Å². The van der Waals surface area contributed by atoms with Gasteiger partial charge in [-0.2, -0.15) is 0 Å². The molecule has 0 spiro atoms. The van der Waals surface area contributed by atoms with Crippen LogP contribution in [0.1, 0.15) is 30.0 Å². The molecule has 0 saturated carbocycles. The Morgan fingerprint density at radius 3 is 2.88 bits per heavy atom. The van der Waals surface area contributed by atoms with Crippen molar-refractivity contribution in [2.75, 3.05) is 19.7 Å². The second-order valence-electron chi connectivity index (χ2n) is 6.44. The van der Waals surface area contributed by atoms with Gasteiger partial charge in [0.1, 0.15) is 18.5 Å². The van der Waals surface area contributed by atoms with E-state index in [4.69, 9.17) is 4.74 Å². The number of nitrogens with zero attached hydrogens (tertiary/aromatic N) is 1. The SMILES string of the molecule is Cc1ccccc1OCC(O)CN1CCCC1c1cccc(Br)c1. The fraction of sp³-hybridized carbons (Fsp3) is 0.400. The average Bonchev–Trinajstić information content (AvgIpc) is 3.02. The van der Waals surface area contributed by atoms with Crippen LogP contribution in [0.4, 0.5) is 0 Å². The number of hydrogen-bond donors (Lipinski definition) is 1. The number of aryl methyl sites for hydroxylation is 1. The molecule has 2 atom stereocenters. The fourth-order valence-electron chi connectivity index (χ4n) is 3.36. The summed E-state index contributed by atoms with van der Waals surface area (Å²) in [4.78, 5) is 2.37. The van der Waals surface area contributed by atoms with E-state index < -0.39 is 6.10 Å². The van der Waals surface area contributed by atoms with Gasteiger partial charge in [-0.1, -0.05) is 46.3 Å². The number of rotatable bonds is 6. The second kappa shape index (κ2) is 8.15. The molecule has 1 aliphatic heterocycles. The van der Waals surface area contributed by atoms with Crippen LogP contribution in [0.15, 0.2) is 53.0 Å². The lowest BCUT2D eigenvalue weighted by Crippen LogP contribution is -2.35. The zero-order valence-electron chi connectivity index (χ0n) is 14.0. The van der Waals surface area contributed by atoms with Crippen LogP contribution in [0.5, 0.6) is 5.75 Å². The smallest absolute Gasteiger partial charge is 0.122 e. The first-order valence-corrected chi connectivity index (χ1v) is 9.29. The molecule has 1 saturated heterocycles. The summed E-state index contributed by atoms with van der Waals surface area (Å²) in [5, 5.41) is 10.4. The number of hydrogen-bond acceptors (Lipinski definition) is 3. The van der Waals surface area contributed by atoms with E-state index in [1.54, 1.807) is 0 Å². The van der Waals surface area contributed by atoms with E-state index in [2.05, 4.69) is 39.0 Å². The van der Waals surface area contributed by atoms with Crippen LogP contribution >= 0.6 is 15.9 Å². The van der Waals surface area contributed by atoms with Crippen molar-refractivity contribution in [1.82, 2.24) is 4.90 Å². The molecule has 24 heavy (non-hydrogen) atoms. The van der Waals surface area contributed by atoms with E-state index in [0.717, 1.165) is 28.8 Å². The predicted octanol–water partition coefficient (Wildman–Crippen LogP) is 4.33. The number of para-hydroxylation sites is 1. The summed E-state index contributed by atoms with van der Waals surface area (Å²) < 4.78 is 6.89. The Morgan fingerprint density at radius 2 is 2.08 bits per heavy atom. The maximum atomic E-state index is 10.4. The van der Waals surface area contributed by atoms with Crippen molar-refractivity contribution in [2.24, 2.45) is 0 Å². The van der Waals surface area contributed by atoms with Crippen LogP contribution in [-0.4, -0.2) is 35.8 Å². The van der Waals surface area contributed by atoms with Gasteiger partial charge < -0.3 is 9.84 Å². The quantitative estimate of drug-likeness (QED) is 0.797. The minimum Gasteiger partial charge on any atom is -0.491 e. The van der Waals surface area contributed by atoms with Crippen molar-refractivity contribution in [1.29, 1.82) is 0 Å². The molecule has 0 aromatic heterocycles. The third-order valence-electron chi connectivity index (χ3n) is 4.57. The first-order valence-electron chi connectivity index (χ1n) is 8.49. The summed E-state index contributed by atoms with van der Waals surface area (Å²) in [5.74, 6) is 0.849. The van der Waals surface area contributed by atoms with Crippen molar-refractivity contribution in [3.63, 3.8) is 0 Å². The summed E-state index contributed by atoms with van der Waals surface area (Å²) in [6.45, 7) is 4.01. The molecule has 0 bridgehead atoms. The topological polar surface area (TPSA) is 32.7 Å². The molecule has 1 heterocycles. The van der Waals surface area contributed by atoms with E-state index in [0.29, 0.717) is 19.2 Å². The minimum absolute atomic E-state index is 0.326. The maximum Gasteiger partial charge on any atom is 0.122 e. The van der Waals surface area contributed by atoms with Crippen molar-refractivity contribution < 1.29 is 9.84 Å². The highest BCUT2D eigenvalue weighted by molar-refractivity contribution is 9.10. The molecule has 4 heteroatoms. The third-order valence-corrected chi connectivity index (χ3v) is 5.06. The van der Waals surface area contributed by atoms with Gasteiger partial charge in [0.05, 0.1) is 0 Å². The zero-order chi connectivity index (χ0) is 16.9. The fourth-order valence-corrected chi connectivity index (χ4v) is 3.78. The average molecular weight is 390 g/mol. The van der Waals surface area contributed by atoms with Crippen molar-refractivity contribution in [3.05, 3.63) is 64.1 Å². The van der Waals surface area contributed by atoms with E-state index in [9.17, 15) is 5.11 Å². The molecule has 1 aliphatic rings. The molecule has 2 aromatic carbocycles. The van der Waals surface area contributed by atoms with E-state index in [-0.39, 0.29) is 0 Å². The molecular weight excluding hydrogens is 366 g/mol. The Bertz CT molecular complexity index is 676. The Labute approximate surface area is 152 Å². The normalized spacial score (nSPS) is 19.4. The second-order valence-corrected chi connectivity index (χ2v) is 7.35. The highest BCUT2D eigenvalue weighted by Gasteiger charge is 2.27. The van der Waals surface area contributed by atoms with Crippen LogP contribution in [-0.2, 0) is 0 Å². The Morgan fingerprint density at radius 1 is 1.25 bits per heavy atom. The number of aliphatic hydroxyl groups is 1. The van der Waals surface area contributed by atoms with Crippen LogP contribution < -0.4 is 4.74 Å². The molecule has 3 rings (SSSR count). The lowest BCUT2D eigenvalue weighted by atomic mass is 10.0. The standard InChI is InChI=1S/C20H24BrNO2/c1-15-6-2-3-10-20(15)24-14-18(23)13-22-11-5-9-19(22)16-7-4-8-17(21)12-16/h2-4,6-8,10,12,18-19,23H,5,9,11,13-14H2,1H3. The summed E-state index contributed by atoms with van der Waals surface area (Å²) in [6, 6.07) is 16.8. The molecular formula is C20H24BrNO2. The summed E-state index contributed by atoms with van der Waals surface area (Å²) in [6.07, 6.45) is 1.82. The Kier molecular flexibility index (Phi) is 5.93. The number of aliphatic hydroxyl groups excluding tert-OH is 1. The number of likely N-dealkylation sites (tertiary alicyclic amines) is 1. The van der Waals surface area contributed by atoms with Gasteiger partial charge >= 0.3 is 0 Å². The van der Waals surface area contributed by atoms with Gasteiger partial charge in [-0.15, -0.1) is 0 Å². The monoisotopic (exact) mass is 389 g/mol. The van der Waals surface area contributed by atoms with E-state index >= 15 is 0 Å². The zero-order valence-corrected chi connectivity index (χ0v) is 15.6. The van der Waals surface area contributed by atoms with Crippen LogP contribution in [0.25, 0.3) is 0 Å². The Hall–Kier alpha value is -1.36. The molecule has 2 unspecified atom stereocenters. The van der Waals surface area contributed by atoms with Gasteiger partial charge in [0.2, 0.25) is 0 Å². The molecule has 3 nitrogen and oxygen atoms in total. The van der Waals surface area contributed by atoms with E-state index in [1.165, 1.54) is 12.0 Å². The number of β-amino-alcohol motifs (C(OH)–C–C–N with tert-alkyl or cyclic N) is 1. The van der Waals surface area contributed by atoms with Gasteiger partial charge in [-0.25, -0.2) is 0 Å². The number of halogens is 1. The molecule has 0 radical (unpaired) electrons. The summed E-state index contributed by atoms with van der Waals surface area (Å²) in [5.41, 5.74) is 2.41. The molecule has 2 aromatic rings. The first kappa shape index (κ1) is 17.5. The third kappa shape index (κ3) is 4.38. The van der Waals surface area contributed by atoms with Gasteiger partial charge in [0.25, 0.3) is 0 Å². The molecule has 1 N–H and O–H groups in total. The Balaban J connectivity index is 1.57. The summed E-state index contributed by atoms with van der Waals surface area (Å²) >= 11 is 3.55. The lowest BCUT2D eigenvalue weighted by molar-refractivity contribution is 0.0636. The highest BCUT2D eigenvalue weighted by Crippen LogP contribution is 2.33. The molecule has 0 aliphatic carbocycles.